The lowest BCUT2D eigenvalue weighted by molar-refractivity contribution is 0.473. The topological polar surface area (TPSA) is 99.2 Å². The summed E-state index contributed by atoms with van der Waals surface area (Å²) in [6.45, 7) is 0. The quantitative estimate of drug-likeness (QED) is 0.169. The van der Waals surface area contributed by atoms with Crippen LogP contribution in [0, 0.1) is 17.2 Å². The number of amidine groups is 2. The monoisotopic (exact) mass is 723 g/mol. The van der Waals surface area contributed by atoms with Gasteiger partial charge in [0.2, 0.25) is 0 Å². The van der Waals surface area contributed by atoms with Gasteiger partial charge in [-0.25, -0.2) is 24.9 Å². The molecule has 3 aliphatic rings. The number of nitriles is 1. The largest absolute Gasteiger partial charge is 0.348 e. The molecule has 56 heavy (non-hydrogen) atoms. The highest BCUT2D eigenvalue weighted by molar-refractivity contribution is 6.15. The SMILES string of the molecule is N#CC1=CC(C2N=C(c3ccccc3)N=C(C3=CC(c4ccccc4)=C(c4cccc(-c5nc(-c6ccccc6)nc(-c6ccccc6)n5)c4)CC3)N2)CC=C1. The average molecular weight is 724 g/mol. The number of allylic oxidation sites excluding steroid dienone is 6. The molecule has 2 unspecified atom stereocenters. The molecule has 1 N–H and O–H groups in total. The van der Waals surface area contributed by atoms with Crippen LogP contribution in [0.2, 0.25) is 0 Å². The summed E-state index contributed by atoms with van der Waals surface area (Å²) in [5.41, 5.74) is 10.2. The maximum Gasteiger partial charge on any atom is 0.164 e. The van der Waals surface area contributed by atoms with Crippen molar-refractivity contribution in [3.8, 4) is 40.2 Å². The second-order valence-electron chi connectivity index (χ2n) is 14.0. The Labute approximate surface area is 326 Å². The van der Waals surface area contributed by atoms with E-state index in [1.165, 1.54) is 5.57 Å². The van der Waals surface area contributed by atoms with E-state index in [2.05, 4.69) is 78.1 Å². The van der Waals surface area contributed by atoms with Crippen molar-refractivity contribution < 1.29 is 0 Å². The molecule has 2 heterocycles. The lowest BCUT2D eigenvalue weighted by atomic mass is 9.84. The van der Waals surface area contributed by atoms with Gasteiger partial charge < -0.3 is 5.32 Å². The van der Waals surface area contributed by atoms with E-state index in [9.17, 15) is 5.26 Å². The number of aromatic nitrogens is 3. The van der Waals surface area contributed by atoms with Crippen LogP contribution in [-0.2, 0) is 0 Å². The summed E-state index contributed by atoms with van der Waals surface area (Å²) in [7, 11) is 0. The molecule has 0 fully saturated rings. The smallest absolute Gasteiger partial charge is 0.164 e. The van der Waals surface area contributed by atoms with Gasteiger partial charge in [0.05, 0.1) is 6.07 Å². The number of aliphatic imine (C=N–C) groups is 2. The first kappa shape index (κ1) is 34.5. The number of hydrogen-bond donors (Lipinski definition) is 1. The minimum absolute atomic E-state index is 0.0192. The third-order valence-corrected chi connectivity index (χ3v) is 10.3. The molecule has 2 atom stereocenters. The summed E-state index contributed by atoms with van der Waals surface area (Å²) in [6.07, 6.45) is 10.4. The van der Waals surface area contributed by atoms with Gasteiger partial charge in [-0.2, -0.15) is 5.26 Å². The van der Waals surface area contributed by atoms with Gasteiger partial charge in [0.1, 0.15) is 12.0 Å². The Balaban J connectivity index is 1.13. The number of nitrogens with zero attached hydrogens (tertiary/aromatic N) is 6. The van der Waals surface area contributed by atoms with Crippen molar-refractivity contribution in [2.75, 3.05) is 0 Å². The van der Waals surface area contributed by atoms with E-state index >= 15 is 0 Å². The first-order valence-electron chi connectivity index (χ1n) is 18.9. The van der Waals surface area contributed by atoms with Gasteiger partial charge in [-0.05, 0) is 65.3 Å². The van der Waals surface area contributed by atoms with Crippen molar-refractivity contribution >= 4 is 22.8 Å². The Morgan fingerprint density at radius 2 is 1.14 bits per heavy atom. The van der Waals surface area contributed by atoms with Gasteiger partial charge in [-0.3, -0.25) is 0 Å². The van der Waals surface area contributed by atoms with E-state index in [-0.39, 0.29) is 12.1 Å². The van der Waals surface area contributed by atoms with E-state index in [0.29, 0.717) is 28.9 Å². The second-order valence-corrected chi connectivity index (χ2v) is 14.0. The molecule has 5 aromatic carbocycles. The van der Waals surface area contributed by atoms with E-state index in [1.54, 1.807) is 0 Å². The van der Waals surface area contributed by atoms with Gasteiger partial charge >= 0.3 is 0 Å². The highest BCUT2D eigenvalue weighted by Gasteiger charge is 2.29. The highest BCUT2D eigenvalue weighted by Crippen LogP contribution is 2.39. The lowest BCUT2D eigenvalue weighted by Crippen LogP contribution is -2.43. The molecule has 2 aliphatic carbocycles. The number of rotatable bonds is 8. The zero-order chi connectivity index (χ0) is 37.7. The van der Waals surface area contributed by atoms with Gasteiger partial charge in [-0.15, -0.1) is 0 Å². The number of nitrogens with one attached hydrogen (secondary N) is 1. The van der Waals surface area contributed by atoms with E-state index < -0.39 is 0 Å². The Morgan fingerprint density at radius 3 is 1.77 bits per heavy atom. The molecule has 0 amide bonds. The van der Waals surface area contributed by atoms with Crippen LogP contribution >= 0.6 is 0 Å². The molecule has 1 aromatic heterocycles. The van der Waals surface area contributed by atoms with Crippen LogP contribution in [-0.4, -0.2) is 32.8 Å². The Bertz CT molecular complexity index is 2570. The van der Waals surface area contributed by atoms with Crippen molar-refractivity contribution in [3.63, 3.8) is 0 Å². The Morgan fingerprint density at radius 1 is 0.589 bits per heavy atom. The second kappa shape index (κ2) is 15.6. The molecule has 7 heteroatoms. The predicted octanol–water partition coefficient (Wildman–Crippen LogP) is 10.3. The molecule has 268 valence electrons. The summed E-state index contributed by atoms with van der Waals surface area (Å²) >= 11 is 0. The summed E-state index contributed by atoms with van der Waals surface area (Å²) in [4.78, 5) is 25.2. The molecular formula is C49H37N7. The van der Waals surface area contributed by atoms with Gasteiger partial charge in [0.25, 0.3) is 0 Å². The van der Waals surface area contributed by atoms with Crippen molar-refractivity contribution in [1.29, 1.82) is 5.26 Å². The molecule has 1 aliphatic heterocycles. The van der Waals surface area contributed by atoms with Crippen LogP contribution in [0.4, 0.5) is 0 Å². The van der Waals surface area contributed by atoms with Gasteiger partial charge in [0.15, 0.2) is 23.3 Å². The predicted molar refractivity (Wildman–Crippen MR) is 225 cm³/mol. The van der Waals surface area contributed by atoms with Crippen molar-refractivity contribution in [2.24, 2.45) is 15.9 Å². The first-order valence-corrected chi connectivity index (χ1v) is 18.9. The van der Waals surface area contributed by atoms with Crippen LogP contribution in [0.15, 0.2) is 191 Å². The summed E-state index contributed by atoms with van der Waals surface area (Å²) in [5, 5.41) is 13.4. The van der Waals surface area contributed by atoms with E-state index in [1.807, 2.05) is 103 Å². The molecule has 0 saturated heterocycles. The van der Waals surface area contributed by atoms with Crippen LogP contribution in [0.3, 0.4) is 0 Å². The third-order valence-electron chi connectivity index (χ3n) is 10.3. The summed E-state index contributed by atoms with van der Waals surface area (Å²) < 4.78 is 0. The van der Waals surface area contributed by atoms with Gasteiger partial charge in [0, 0.05) is 33.7 Å². The molecule has 0 spiro atoms. The van der Waals surface area contributed by atoms with Crippen molar-refractivity contribution in [1.82, 2.24) is 20.3 Å². The molecule has 9 rings (SSSR count). The van der Waals surface area contributed by atoms with E-state index in [4.69, 9.17) is 24.9 Å². The standard InChI is InChI=1S/C49H37N7/c50-32-33-15-13-25-39(29-33)47-52-46(37-22-11-4-12-23-37)55-49(56-47)41-27-28-42(43(31-41)34-16-5-1-6-17-34)38-24-14-26-40(30-38)48-53-44(35-18-7-2-8-19-35)51-45(54-48)36-20-9-3-10-21-36/h1-24,26,29-31,39,47H,25,27-28H2,(H,52,55,56). The van der Waals surface area contributed by atoms with Crippen LogP contribution < -0.4 is 5.32 Å². The third kappa shape index (κ3) is 7.29. The fourth-order valence-electron chi connectivity index (χ4n) is 7.44. The molecule has 0 radical (unpaired) electrons. The number of hydrogen-bond acceptors (Lipinski definition) is 7. The Hall–Kier alpha value is -7.30. The molecule has 0 saturated carbocycles. The normalized spacial score (nSPS) is 17.8. The average Bonchev–Trinajstić information content (AvgIpc) is 3.29. The lowest BCUT2D eigenvalue weighted by Gasteiger charge is -2.31. The van der Waals surface area contributed by atoms with Crippen LogP contribution in [0.25, 0.3) is 45.3 Å². The van der Waals surface area contributed by atoms with Crippen molar-refractivity contribution in [2.45, 2.75) is 25.4 Å². The molecule has 6 aromatic rings. The van der Waals surface area contributed by atoms with Crippen LogP contribution in [0.5, 0.6) is 0 Å². The molecule has 0 bridgehead atoms. The zero-order valence-electron chi connectivity index (χ0n) is 30.6. The van der Waals surface area contributed by atoms with Gasteiger partial charge in [-0.1, -0.05) is 152 Å². The fraction of sp³-hybridized carbons (Fsp3) is 0.102. The highest BCUT2D eigenvalue weighted by atomic mass is 15.2. The molecule has 7 nitrogen and oxygen atoms in total. The van der Waals surface area contributed by atoms with E-state index in [0.717, 1.165) is 69.6 Å². The Kier molecular flexibility index (Phi) is 9.59. The maximum absolute atomic E-state index is 9.68. The molecular weight excluding hydrogens is 687 g/mol. The fourth-order valence-corrected chi connectivity index (χ4v) is 7.44. The maximum atomic E-state index is 9.68. The first-order chi connectivity index (χ1) is 27.7. The summed E-state index contributed by atoms with van der Waals surface area (Å²) in [5.74, 6) is 3.42. The summed E-state index contributed by atoms with van der Waals surface area (Å²) in [6, 6.07) is 51.7. The van der Waals surface area contributed by atoms with Crippen LogP contribution in [0.1, 0.15) is 36.0 Å². The minimum atomic E-state index is -0.268. The number of benzene rings is 5. The minimum Gasteiger partial charge on any atom is -0.348 e. The zero-order valence-corrected chi connectivity index (χ0v) is 30.6. The van der Waals surface area contributed by atoms with Crippen molar-refractivity contribution in [3.05, 3.63) is 198 Å².